The van der Waals surface area contributed by atoms with E-state index in [4.69, 9.17) is 10.00 Å². The second-order valence-corrected chi connectivity index (χ2v) is 5.53. The minimum absolute atomic E-state index is 0.245. The number of nitrogens with one attached hydrogen (secondary N) is 1. The summed E-state index contributed by atoms with van der Waals surface area (Å²) in [5, 5.41) is 11.7. The van der Waals surface area contributed by atoms with Gasteiger partial charge in [-0.05, 0) is 37.1 Å². The van der Waals surface area contributed by atoms with Gasteiger partial charge in [0.15, 0.2) is 0 Å². The molecule has 0 spiro atoms. The molecule has 0 aliphatic heterocycles. The van der Waals surface area contributed by atoms with E-state index >= 15 is 0 Å². The lowest BCUT2D eigenvalue weighted by Crippen LogP contribution is -2.19. The Hall–Kier alpha value is -2.45. The fourth-order valence-electron chi connectivity index (χ4n) is 2.32. The molecule has 5 heteroatoms. The van der Waals surface area contributed by atoms with Crippen LogP contribution in [-0.2, 0) is 6.54 Å². The van der Waals surface area contributed by atoms with Crippen molar-refractivity contribution in [2.45, 2.75) is 32.4 Å². The lowest BCUT2D eigenvalue weighted by molar-refractivity contribution is 0.312. The van der Waals surface area contributed by atoms with E-state index in [9.17, 15) is 8.78 Å². The van der Waals surface area contributed by atoms with Crippen LogP contribution in [0.2, 0.25) is 0 Å². The number of halogens is 2. The number of ether oxygens (including phenoxy) is 1. The lowest BCUT2D eigenvalue weighted by atomic mass is 10.1. The normalized spacial score (nSPS) is 11.8. The molecular weight excluding hydrogens is 310 g/mol. The molecule has 0 amide bonds. The number of benzene rings is 2. The third-order valence-corrected chi connectivity index (χ3v) is 3.64. The highest BCUT2D eigenvalue weighted by atomic mass is 19.1. The average molecular weight is 330 g/mol. The van der Waals surface area contributed by atoms with Crippen molar-refractivity contribution in [2.75, 3.05) is 6.61 Å². The molecule has 0 radical (unpaired) electrons. The zero-order chi connectivity index (χ0) is 17.4. The molecule has 0 fully saturated rings. The van der Waals surface area contributed by atoms with Gasteiger partial charge in [0.2, 0.25) is 0 Å². The van der Waals surface area contributed by atoms with E-state index in [0.29, 0.717) is 31.6 Å². The van der Waals surface area contributed by atoms with Crippen LogP contribution < -0.4 is 10.1 Å². The number of unbranched alkanes of at least 4 members (excludes halogenated alkanes) is 1. The molecule has 0 aliphatic rings. The molecule has 1 unspecified atom stereocenters. The van der Waals surface area contributed by atoms with Crippen molar-refractivity contribution in [2.24, 2.45) is 0 Å². The second-order valence-electron chi connectivity index (χ2n) is 5.53. The smallest absolute Gasteiger partial charge is 0.130 e. The molecule has 0 bridgehead atoms. The molecule has 0 aromatic heterocycles. The monoisotopic (exact) mass is 330 g/mol. The van der Waals surface area contributed by atoms with Crippen LogP contribution in [0.25, 0.3) is 0 Å². The number of rotatable bonds is 8. The van der Waals surface area contributed by atoms with Crippen molar-refractivity contribution in [1.29, 1.82) is 5.26 Å². The Morgan fingerprint density at radius 3 is 2.79 bits per heavy atom. The fraction of sp³-hybridized carbons (Fsp3) is 0.316. The van der Waals surface area contributed by atoms with Crippen LogP contribution in [0.1, 0.15) is 36.9 Å². The highest BCUT2D eigenvalue weighted by molar-refractivity contribution is 5.29. The molecule has 3 nitrogen and oxygen atoms in total. The van der Waals surface area contributed by atoms with Crippen molar-refractivity contribution in [3.8, 4) is 11.8 Å². The molecule has 0 aliphatic carbocycles. The van der Waals surface area contributed by atoms with Gasteiger partial charge in [-0.15, -0.1) is 0 Å². The maximum absolute atomic E-state index is 13.8. The highest BCUT2D eigenvalue weighted by Gasteiger charge is 2.11. The third-order valence-electron chi connectivity index (χ3n) is 3.64. The quantitative estimate of drug-likeness (QED) is 0.725. The van der Waals surface area contributed by atoms with Gasteiger partial charge < -0.3 is 10.1 Å². The first kappa shape index (κ1) is 17.9. The first-order chi connectivity index (χ1) is 11.6. The van der Waals surface area contributed by atoms with E-state index in [1.54, 1.807) is 0 Å². The molecule has 24 heavy (non-hydrogen) atoms. The molecule has 0 heterocycles. The number of hydrogen-bond donors (Lipinski definition) is 1. The minimum atomic E-state index is -0.579. The van der Waals surface area contributed by atoms with Gasteiger partial charge in [-0.3, -0.25) is 0 Å². The Morgan fingerprint density at radius 1 is 1.21 bits per heavy atom. The summed E-state index contributed by atoms with van der Waals surface area (Å²) in [5.74, 6) is -0.387. The number of nitrogens with zero attached hydrogens (tertiary/aromatic N) is 1. The summed E-state index contributed by atoms with van der Waals surface area (Å²) < 4.78 is 32.3. The topological polar surface area (TPSA) is 45.0 Å². The Kier molecular flexibility index (Phi) is 6.71. The molecule has 0 saturated carbocycles. The van der Waals surface area contributed by atoms with Crippen LogP contribution in [0.3, 0.4) is 0 Å². The molecule has 2 aromatic rings. The summed E-state index contributed by atoms with van der Waals surface area (Å²) in [5.41, 5.74) is 1.43. The van der Waals surface area contributed by atoms with Gasteiger partial charge in [0.05, 0.1) is 12.7 Å². The Balaban J connectivity index is 1.90. The molecule has 126 valence electrons. The Labute approximate surface area is 140 Å². The maximum Gasteiger partial charge on any atom is 0.130 e. The number of nitriles is 1. The van der Waals surface area contributed by atoms with Crippen LogP contribution in [0.5, 0.6) is 5.75 Å². The van der Waals surface area contributed by atoms with Gasteiger partial charge in [0.1, 0.15) is 17.4 Å². The fourth-order valence-corrected chi connectivity index (χ4v) is 2.32. The van der Waals surface area contributed by atoms with E-state index in [0.717, 1.165) is 17.4 Å². The average Bonchev–Trinajstić information content (AvgIpc) is 2.57. The van der Waals surface area contributed by atoms with E-state index < -0.39 is 11.6 Å². The van der Waals surface area contributed by atoms with E-state index in [2.05, 4.69) is 11.4 Å². The van der Waals surface area contributed by atoms with Gasteiger partial charge >= 0.3 is 0 Å². The van der Waals surface area contributed by atoms with Crippen LogP contribution >= 0.6 is 0 Å². The number of hydrogen-bond acceptors (Lipinski definition) is 3. The Morgan fingerprint density at radius 2 is 2.04 bits per heavy atom. The summed E-state index contributed by atoms with van der Waals surface area (Å²) in [7, 11) is 0. The summed E-state index contributed by atoms with van der Waals surface area (Å²) in [4.78, 5) is 0. The van der Waals surface area contributed by atoms with Gasteiger partial charge in [0.25, 0.3) is 0 Å². The predicted molar refractivity (Wildman–Crippen MR) is 88.4 cm³/mol. The zero-order valence-electron chi connectivity index (χ0n) is 13.6. The third kappa shape index (κ3) is 5.32. The summed E-state index contributed by atoms with van der Waals surface area (Å²) >= 11 is 0. The molecule has 2 rings (SSSR count). The van der Waals surface area contributed by atoms with Crippen molar-refractivity contribution in [1.82, 2.24) is 5.32 Å². The van der Waals surface area contributed by atoms with Crippen LogP contribution in [0.4, 0.5) is 8.78 Å². The summed E-state index contributed by atoms with van der Waals surface area (Å²) in [6.07, 6.45) is 1.17. The van der Waals surface area contributed by atoms with Crippen LogP contribution in [0.15, 0.2) is 42.5 Å². The SMILES string of the molecule is CC(NCc1cccc(OCCCC#N)c1)c1ccc(F)cc1F. The van der Waals surface area contributed by atoms with Crippen molar-refractivity contribution >= 4 is 0 Å². The predicted octanol–water partition coefficient (Wildman–Crippen LogP) is 4.50. The van der Waals surface area contributed by atoms with Crippen LogP contribution in [-0.4, -0.2) is 6.61 Å². The Bertz CT molecular complexity index is 713. The van der Waals surface area contributed by atoms with Gasteiger partial charge in [-0.2, -0.15) is 5.26 Å². The van der Waals surface area contributed by atoms with E-state index in [-0.39, 0.29) is 6.04 Å². The van der Waals surface area contributed by atoms with Gasteiger partial charge in [0, 0.05) is 30.6 Å². The van der Waals surface area contributed by atoms with Crippen molar-refractivity contribution < 1.29 is 13.5 Å². The van der Waals surface area contributed by atoms with E-state index in [1.807, 2.05) is 31.2 Å². The minimum Gasteiger partial charge on any atom is -0.494 e. The maximum atomic E-state index is 13.8. The van der Waals surface area contributed by atoms with Crippen LogP contribution in [0, 0.1) is 23.0 Å². The molecule has 0 saturated heterocycles. The second kappa shape index (κ2) is 8.99. The largest absolute Gasteiger partial charge is 0.494 e. The van der Waals surface area contributed by atoms with Gasteiger partial charge in [-0.1, -0.05) is 18.2 Å². The molecule has 1 atom stereocenters. The van der Waals surface area contributed by atoms with Crippen molar-refractivity contribution in [3.63, 3.8) is 0 Å². The molecular formula is C19H20F2N2O. The van der Waals surface area contributed by atoms with Crippen molar-refractivity contribution in [3.05, 3.63) is 65.2 Å². The first-order valence-corrected chi connectivity index (χ1v) is 7.87. The lowest BCUT2D eigenvalue weighted by Gasteiger charge is -2.15. The first-order valence-electron chi connectivity index (χ1n) is 7.87. The standard InChI is InChI=1S/C19H20F2N2O/c1-14(18-8-7-16(20)12-19(18)21)23-13-15-5-4-6-17(11-15)24-10-3-2-9-22/h4-8,11-12,14,23H,2-3,10,13H2,1H3. The zero-order valence-corrected chi connectivity index (χ0v) is 13.6. The molecule has 1 N–H and O–H groups in total. The molecule has 2 aromatic carbocycles. The highest BCUT2D eigenvalue weighted by Crippen LogP contribution is 2.19. The summed E-state index contributed by atoms with van der Waals surface area (Å²) in [6, 6.07) is 13.0. The van der Waals surface area contributed by atoms with E-state index in [1.165, 1.54) is 12.1 Å². The summed E-state index contributed by atoms with van der Waals surface area (Å²) in [6.45, 7) is 2.87. The van der Waals surface area contributed by atoms with Gasteiger partial charge in [-0.25, -0.2) is 8.78 Å².